The van der Waals surface area contributed by atoms with Crippen molar-refractivity contribution < 1.29 is 0 Å². The van der Waals surface area contributed by atoms with Gasteiger partial charge in [0.2, 0.25) is 0 Å². The zero-order valence-electron chi connectivity index (χ0n) is 9.85. The molecule has 1 aliphatic rings. The Kier molecular flexibility index (Phi) is 2.26. The highest BCUT2D eigenvalue weighted by atomic mass is 32.1. The predicted molar refractivity (Wildman–Crippen MR) is 64.3 cm³/mol. The predicted octanol–water partition coefficient (Wildman–Crippen LogP) is 4.34. The van der Waals surface area contributed by atoms with E-state index in [9.17, 15) is 0 Å². The molecule has 0 aliphatic heterocycles. The minimum atomic E-state index is 0.479. The Morgan fingerprint density at radius 3 is 2.43 bits per heavy atom. The Labute approximate surface area is 91.4 Å². The third-order valence-electron chi connectivity index (χ3n) is 3.75. The van der Waals surface area contributed by atoms with Gasteiger partial charge in [-0.15, -0.1) is 11.3 Å². The van der Waals surface area contributed by atoms with Gasteiger partial charge in [-0.2, -0.15) is 0 Å². The van der Waals surface area contributed by atoms with E-state index in [1.165, 1.54) is 6.42 Å². The molecule has 14 heavy (non-hydrogen) atoms. The first-order chi connectivity index (χ1) is 6.45. The Hall–Kier alpha value is -0.300. The van der Waals surface area contributed by atoms with Crippen LogP contribution in [-0.2, 0) is 11.8 Å². The molecule has 0 fully saturated rings. The quantitative estimate of drug-likeness (QED) is 0.678. The largest absolute Gasteiger partial charge is 0.144 e. The molecule has 2 rings (SSSR count). The van der Waals surface area contributed by atoms with E-state index in [0.29, 0.717) is 11.3 Å². The summed E-state index contributed by atoms with van der Waals surface area (Å²) in [6, 6.07) is 2.43. The highest BCUT2D eigenvalue weighted by Gasteiger charge is 2.42. The van der Waals surface area contributed by atoms with Gasteiger partial charge in [0.25, 0.3) is 0 Å². The van der Waals surface area contributed by atoms with Crippen molar-refractivity contribution in [3.05, 3.63) is 21.4 Å². The minimum absolute atomic E-state index is 0.479. The fraction of sp³-hybridized carbons (Fsp3) is 0.692. The lowest BCUT2D eigenvalue weighted by Gasteiger charge is -2.42. The second-order valence-corrected chi connectivity index (χ2v) is 6.49. The molecule has 78 valence electrons. The Balaban J connectivity index is 2.34. The lowest BCUT2D eigenvalue weighted by atomic mass is 9.64. The van der Waals surface area contributed by atoms with Crippen LogP contribution < -0.4 is 0 Å². The lowest BCUT2D eigenvalue weighted by Crippen LogP contribution is -2.38. The lowest BCUT2D eigenvalue weighted by molar-refractivity contribution is 0.302. The molecule has 1 aliphatic carbocycles. The second-order valence-electron chi connectivity index (χ2n) is 5.41. The average molecular weight is 208 g/mol. The van der Waals surface area contributed by atoms with Crippen molar-refractivity contribution in [1.29, 1.82) is 0 Å². The van der Waals surface area contributed by atoms with Gasteiger partial charge in [-0.1, -0.05) is 34.6 Å². The topological polar surface area (TPSA) is 0 Å². The molecule has 0 aromatic carbocycles. The molecular weight excluding hydrogens is 188 g/mol. The van der Waals surface area contributed by atoms with E-state index in [0.717, 1.165) is 5.92 Å². The van der Waals surface area contributed by atoms with Crippen LogP contribution in [0.25, 0.3) is 0 Å². The fourth-order valence-corrected chi connectivity index (χ4v) is 3.66. The van der Waals surface area contributed by atoms with Crippen molar-refractivity contribution in [2.75, 3.05) is 0 Å². The smallest absolute Gasteiger partial charge is 0.0146 e. The summed E-state index contributed by atoms with van der Waals surface area (Å²) >= 11 is 2.04. The molecule has 1 aromatic rings. The van der Waals surface area contributed by atoms with Crippen LogP contribution in [0.1, 0.15) is 55.9 Å². The molecule has 1 heteroatoms. The monoisotopic (exact) mass is 208 g/mol. The molecule has 0 bridgehead atoms. The normalized spacial score (nSPS) is 25.4. The first kappa shape index (κ1) is 10.2. The first-order valence-electron chi connectivity index (χ1n) is 5.58. The van der Waals surface area contributed by atoms with Gasteiger partial charge in [0.05, 0.1) is 0 Å². The van der Waals surface area contributed by atoms with E-state index < -0.39 is 0 Å². The third-order valence-corrected chi connectivity index (χ3v) is 5.51. The number of fused-ring (bicyclic) bond motifs is 1. The van der Waals surface area contributed by atoms with Gasteiger partial charge in [-0.25, -0.2) is 0 Å². The Morgan fingerprint density at radius 2 is 1.93 bits per heavy atom. The zero-order valence-corrected chi connectivity index (χ0v) is 10.7. The van der Waals surface area contributed by atoms with Gasteiger partial charge in [0.1, 0.15) is 0 Å². The summed E-state index contributed by atoms with van der Waals surface area (Å²) in [5.41, 5.74) is 2.10. The van der Waals surface area contributed by atoms with Crippen LogP contribution in [0.15, 0.2) is 6.07 Å². The van der Waals surface area contributed by atoms with E-state index in [1.54, 1.807) is 15.3 Å². The maximum atomic E-state index is 2.43. The maximum absolute atomic E-state index is 2.43. The van der Waals surface area contributed by atoms with Crippen molar-refractivity contribution in [3.8, 4) is 0 Å². The molecule has 1 heterocycles. The molecule has 0 N–H and O–H groups in total. The standard InChI is InChI=1S/C13H20S/c1-8(2)11-6-10-7-13(5,9(3)4)12(10)14-11/h6,8-9H,7H2,1-5H3. The van der Waals surface area contributed by atoms with Crippen LogP contribution in [-0.4, -0.2) is 0 Å². The number of hydrogen-bond acceptors (Lipinski definition) is 1. The van der Waals surface area contributed by atoms with E-state index in [1.807, 2.05) is 11.3 Å². The van der Waals surface area contributed by atoms with E-state index in [-0.39, 0.29) is 0 Å². The summed E-state index contributed by atoms with van der Waals surface area (Å²) in [7, 11) is 0. The summed E-state index contributed by atoms with van der Waals surface area (Å²) in [6.07, 6.45) is 1.29. The summed E-state index contributed by atoms with van der Waals surface area (Å²) < 4.78 is 0. The van der Waals surface area contributed by atoms with Crippen LogP contribution in [0.3, 0.4) is 0 Å². The van der Waals surface area contributed by atoms with E-state index in [2.05, 4.69) is 40.7 Å². The molecule has 0 nitrogen and oxygen atoms in total. The van der Waals surface area contributed by atoms with Gasteiger partial charge in [-0.05, 0) is 29.9 Å². The van der Waals surface area contributed by atoms with Crippen molar-refractivity contribution in [1.82, 2.24) is 0 Å². The third kappa shape index (κ3) is 1.25. The molecule has 0 saturated carbocycles. The second kappa shape index (κ2) is 3.10. The summed E-state index contributed by atoms with van der Waals surface area (Å²) in [6.45, 7) is 11.7. The van der Waals surface area contributed by atoms with Crippen LogP contribution >= 0.6 is 11.3 Å². The number of rotatable bonds is 2. The molecular formula is C13H20S. The summed E-state index contributed by atoms with van der Waals surface area (Å²) in [5.74, 6) is 1.47. The van der Waals surface area contributed by atoms with Gasteiger partial charge in [0.15, 0.2) is 0 Å². The van der Waals surface area contributed by atoms with Gasteiger partial charge >= 0.3 is 0 Å². The van der Waals surface area contributed by atoms with Crippen LogP contribution in [0, 0.1) is 5.92 Å². The van der Waals surface area contributed by atoms with E-state index in [4.69, 9.17) is 0 Å². The molecule has 1 aromatic heterocycles. The highest BCUT2D eigenvalue weighted by molar-refractivity contribution is 7.12. The van der Waals surface area contributed by atoms with Crippen molar-refractivity contribution in [2.24, 2.45) is 5.92 Å². The van der Waals surface area contributed by atoms with Crippen LogP contribution in [0.4, 0.5) is 0 Å². The van der Waals surface area contributed by atoms with Crippen LogP contribution in [0.5, 0.6) is 0 Å². The number of thiophene rings is 1. The maximum Gasteiger partial charge on any atom is 0.0146 e. The van der Waals surface area contributed by atoms with Crippen molar-refractivity contribution in [2.45, 2.75) is 52.4 Å². The molecule has 0 radical (unpaired) electrons. The molecule has 1 atom stereocenters. The molecule has 0 amide bonds. The van der Waals surface area contributed by atoms with Gasteiger partial charge < -0.3 is 0 Å². The Morgan fingerprint density at radius 1 is 1.29 bits per heavy atom. The average Bonchev–Trinajstić information content (AvgIpc) is 2.42. The SMILES string of the molecule is CC(C)c1cc2c(s1)C(C)(C(C)C)C2. The van der Waals surface area contributed by atoms with Crippen LogP contribution in [0.2, 0.25) is 0 Å². The van der Waals surface area contributed by atoms with Crippen molar-refractivity contribution >= 4 is 11.3 Å². The van der Waals surface area contributed by atoms with Crippen molar-refractivity contribution in [3.63, 3.8) is 0 Å². The molecule has 1 unspecified atom stereocenters. The summed E-state index contributed by atoms with van der Waals surface area (Å²) in [4.78, 5) is 3.23. The molecule has 0 spiro atoms. The van der Waals surface area contributed by atoms with Gasteiger partial charge in [-0.3, -0.25) is 0 Å². The van der Waals surface area contributed by atoms with E-state index >= 15 is 0 Å². The number of hydrogen-bond donors (Lipinski definition) is 0. The van der Waals surface area contributed by atoms with Gasteiger partial charge in [0, 0.05) is 15.2 Å². The summed E-state index contributed by atoms with van der Waals surface area (Å²) in [5, 5.41) is 0. The minimum Gasteiger partial charge on any atom is -0.144 e. The highest BCUT2D eigenvalue weighted by Crippen LogP contribution is 2.51. The first-order valence-corrected chi connectivity index (χ1v) is 6.40. The fourth-order valence-electron chi connectivity index (χ4n) is 2.18. The molecule has 0 saturated heterocycles. The Bertz CT molecular complexity index is 346. The zero-order chi connectivity index (χ0) is 10.5.